The topological polar surface area (TPSA) is 20.2 Å². The average molecular weight is 181 g/mol. The predicted molar refractivity (Wildman–Crippen MR) is 40.9 cm³/mol. The number of aliphatic hydroxyl groups is 1. The van der Waals surface area contributed by atoms with Crippen LogP contribution in [0.1, 0.15) is 19.8 Å². The van der Waals surface area contributed by atoms with Crippen molar-refractivity contribution in [3.05, 3.63) is 0 Å². The van der Waals surface area contributed by atoms with Gasteiger partial charge in [-0.2, -0.15) is 0 Å². The van der Waals surface area contributed by atoms with Gasteiger partial charge in [0.25, 0.3) is 0 Å². The lowest BCUT2D eigenvalue weighted by molar-refractivity contribution is 0.287. The van der Waals surface area contributed by atoms with Crippen LogP contribution in [0, 0.1) is 0 Å². The molecule has 0 aromatic rings. The molecule has 0 aromatic carbocycles. The molecule has 0 bridgehead atoms. The number of hydrogen-bond acceptors (Lipinski definition) is 1. The predicted octanol–water partition coefficient (Wildman–Crippen LogP) is 0.440. The molecule has 0 atom stereocenters. The van der Waals surface area contributed by atoms with E-state index in [9.17, 15) is 0 Å². The Bertz CT molecular complexity index is 19.2. The van der Waals surface area contributed by atoms with Crippen LogP contribution in [0.3, 0.4) is 0 Å². The van der Waals surface area contributed by atoms with Gasteiger partial charge >= 0.3 is 23.1 Å². The Labute approximate surface area is 71.4 Å². The van der Waals surface area contributed by atoms with Gasteiger partial charge in [-0.05, 0) is 6.42 Å². The average Bonchev–Trinajstić information content (AvgIpc) is 1.41. The van der Waals surface area contributed by atoms with Crippen molar-refractivity contribution in [1.29, 1.82) is 0 Å². The Kier molecular flexibility index (Phi) is 35.2. The maximum atomic E-state index is 8.07. The molecule has 0 amide bonds. The quantitative estimate of drug-likeness (QED) is 0.613. The van der Waals surface area contributed by atoms with E-state index in [1.54, 1.807) is 0 Å². The fourth-order valence-corrected chi connectivity index (χ4v) is 0.158. The molecule has 0 aliphatic carbocycles. The second-order valence-corrected chi connectivity index (χ2v) is 1.08. The van der Waals surface area contributed by atoms with Crippen LogP contribution in [-0.4, -0.2) is 34.8 Å². The van der Waals surface area contributed by atoms with Crippen molar-refractivity contribution in [2.24, 2.45) is 0 Å². The van der Waals surface area contributed by atoms with Crippen LogP contribution in [0.25, 0.3) is 0 Å². The van der Waals surface area contributed by atoms with Gasteiger partial charge in [0, 0.05) is 6.61 Å². The summed E-state index contributed by atoms with van der Waals surface area (Å²) < 4.78 is 0. The molecule has 3 heteroatoms. The number of halogens is 1. The highest BCUT2D eigenvalue weighted by Crippen LogP contribution is 1.78. The lowest BCUT2D eigenvalue weighted by Gasteiger charge is -1.79. The third-order valence-electron chi connectivity index (χ3n) is 0.512. The van der Waals surface area contributed by atoms with Gasteiger partial charge in [-0.1, -0.05) is 13.3 Å². The molecule has 0 radical (unpaired) electrons. The van der Waals surface area contributed by atoms with Gasteiger partial charge in [0.1, 0.15) is 0 Å². The summed E-state index contributed by atoms with van der Waals surface area (Å²) in [7, 11) is 0. The maximum absolute atomic E-state index is 8.07. The fourth-order valence-electron chi connectivity index (χ4n) is 0.158. The van der Waals surface area contributed by atoms with Gasteiger partial charge in [-0.3, -0.25) is 0 Å². The van der Waals surface area contributed by atoms with Gasteiger partial charge in [0.2, 0.25) is 0 Å². The summed E-state index contributed by atoms with van der Waals surface area (Å²) in [6.07, 6.45) is 2.04. The molecule has 0 spiro atoms. The summed E-state index contributed by atoms with van der Waals surface area (Å²) >= 11 is 0. The highest BCUT2D eigenvalue weighted by atomic mass is 79.9. The normalized spacial score (nSPS) is 6.00. The Balaban J connectivity index is -0.0000000800. The molecular weight excluding hydrogens is 168 g/mol. The van der Waals surface area contributed by atoms with Gasteiger partial charge in [0.05, 0.1) is 0 Å². The zero-order valence-electron chi connectivity index (χ0n) is 3.98. The Morgan fingerprint density at radius 1 is 1.43 bits per heavy atom. The summed E-state index contributed by atoms with van der Waals surface area (Å²) in [5, 5.41) is 8.07. The lowest BCUT2D eigenvalue weighted by atomic mass is 10.4. The number of rotatable bonds is 2. The van der Waals surface area contributed by atoms with Gasteiger partial charge in [0.15, 0.2) is 0 Å². The minimum absolute atomic E-state index is 0. The first-order valence-corrected chi connectivity index (χ1v) is 2.02. The van der Waals surface area contributed by atoms with Gasteiger partial charge in [-0.25, -0.2) is 0 Å². The van der Waals surface area contributed by atoms with E-state index in [2.05, 4.69) is 6.92 Å². The summed E-state index contributed by atoms with van der Waals surface area (Å²) in [6, 6.07) is 0. The zero-order chi connectivity index (χ0) is 4.12. The minimum atomic E-state index is 0. The SMILES string of the molecule is Br.CCCCO.[MgH2]. The van der Waals surface area contributed by atoms with Crippen LogP contribution in [0.5, 0.6) is 0 Å². The monoisotopic (exact) mass is 180 g/mol. The van der Waals surface area contributed by atoms with Crippen LogP contribution in [-0.2, 0) is 0 Å². The zero-order valence-corrected chi connectivity index (χ0v) is 5.69. The molecule has 0 aliphatic heterocycles. The van der Waals surface area contributed by atoms with E-state index in [0.717, 1.165) is 12.8 Å². The van der Waals surface area contributed by atoms with E-state index in [-0.39, 0.29) is 40.0 Å². The van der Waals surface area contributed by atoms with Crippen molar-refractivity contribution in [1.82, 2.24) is 0 Å². The fraction of sp³-hybridized carbons (Fsp3) is 1.00. The minimum Gasteiger partial charge on any atom is -0.396 e. The van der Waals surface area contributed by atoms with E-state index in [1.807, 2.05) is 0 Å². The standard InChI is InChI=1S/C4H10O.BrH.Mg.2H/c1-2-3-4-5;;;;/h5H,2-4H2,1H3;1H;;;. The molecule has 1 nitrogen and oxygen atoms in total. The van der Waals surface area contributed by atoms with E-state index in [4.69, 9.17) is 5.11 Å². The van der Waals surface area contributed by atoms with Crippen LogP contribution in [0.4, 0.5) is 0 Å². The van der Waals surface area contributed by atoms with Crippen LogP contribution in [0.15, 0.2) is 0 Å². The molecular formula is C4H13BrMgO. The highest BCUT2D eigenvalue weighted by molar-refractivity contribution is 8.93. The molecule has 0 saturated carbocycles. The first-order valence-electron chi connectivity index (χ1n) is 2.02. The van der Waals surface area contributed by atoms with Gasteiger partial charge in [-0.15, -0.1) is 17.0 Å². The Morgan fingerprint density at radius 3 is 1.86 bits per heavy atom. The number of unbranched alkanes of at least 4 members (excludes halogenated alkanes) is 1. The van der Waals surface area contributed by atoms with E-state index in [0.29, 0.717) is 6.61 Å². The molecule has 0 saturated heterocycles. The molecule has 0 rings (SSSR count). The van der Waals surface area contributed by atoms with Crippen molar-refractivity contribution >= 4 is 40.0 Å². The summed E-state index contributed by atoms with van der Waals surface area (Å²) in [4.78, 5) is 0. The van der Waals surface area contributed by atoms with Crippen LogP contribution >= 0.6 is 17.0 Å². The Morgan fingerprint density at radius 2 is 1.86 bits per heavy atom. The second-order valence-electron chi connectivity index (χ2n) is 1.08. The van der Waals surface area contributed by atoms with Crippen molar-refractivity contribution < 1.29 is 5.11 Å². The highest BCUT2D eigenvalue weighted by Gasteiger charge is 1.69. The molecule has 7 heavy (non-hydrogen) atoms. The van der Waals surface area contributed by atoms with Gasteiger partial charge < -0.3 is 5.11 Å². The van der Waals surface area contributed by atoms with Crippen molar-refractivity contribution in [3.63, 3.8) is 0 Å². The number of hydrogen-bond donors (Lipinski definition) is 1. The summed E-state index contributed by atoms with van der Waals surface area (Å²) in [5.74, 6) is 0. The second kappa shape index (κ2) is 15.7. The van der Waals surface area contributed by atoms with Crippen molar-refractivity contribution in [2.45, 2.75) is 19.8 Å². The van der Waals surface area contributed by atoms with Crippen molar-refractivity contribution in [2.75, 3.05) is 6.61 Å². The van der Waals surface area contributed by atoms with Crippen molar-refractivity contribution in [3.8, 4) is 0 Å². The molecule has 1 N–H and O–H groups in total. The maximum Gasteiger partial charge on any atom is 0.316 e. The molecule has 0 aromatic heterocycles. The smallest absolute Gasteiger partial charge is 0.316 e. The van der Waals surface area contributed by atoms with Crippen LogP contribution < -0.4 is 0 Å². The molecule has 0 aliphatic rings. The largest absolute Gasteiger partial charge is 0.396 e. The third kappa shape index (κ3) is 19.0. The molecule has 44 valence electrons. The first kappa shape index (κ1) is 15.7. The van der Waals surface area contributed by atoms with E-state index >= 15 is 0 Å². The lowest BCUT2D eigenvalue weighted by Crippen LogP contribution is -1.75. The molecule has 0 fully saturated rings. The van der Waals surface area contributed by atoms with Crippen LogP contribution in [0.2, 0.25) is 0 Å². The number of aliphatic hydroxyl groups excluding tert-OH is 1. The first-order chi connectivity index (χ1) is 2.41. The summed E-state index contributed by atoms with van der Waals surface area (Å²) in [5.41, 5.74) is 0. The molecule has 0 heterocycles. The molecule has 0 unspecified atom stereocenters. The third-order valence-corrected chi connectivity index (χ3v) is 0.512. The summed E-state index contributed by atoms with van der Waals surface area (Å²) in [6.45, 7) is 2.40. The Hall–Kier alpha value is 1.21. The van der Waals surface area contributed by atoms with E-state index in [1.165, 1.54) is 0 Å². The van der Waals surface area contributed by atoms with E-state index < -0.39 is 0 Å².